The summed E-state index contributed by atoms with van der Waals surface area (Å²) in [5.41, 5.74) is 1.85. The van der Waals surface area contributed by atoms with Crippen LogP contribution in [0.3, 0.4) is 0 Å². The Bertz CT molecular complexity index is 1060. The number of piperazine rings is 1. The highest BCUT2D eigenvalue weighted by Gasteiger charge is 2.26. The Labute approximate surface area is 193 Å². The van der Waals surface area contributed by atoms with Crippen molar-refractivity contribution < 1.29 is 19.0 Å². The molecule has 1 unspecified atom stereocenters. The van der Waals surface area contributed by atoms with E-state index in [2.05, 4.69) is 14.9 Å². The third-order valence-electron chi connectivity index (χ3n) is 5.67. The first-order chi connectivity index (χ1) is 16.1. The predicted molar refractivity (Wildman–Crippen MR) is 126 cm³/mol. The molecule has 0 radical (unpaired) electrons. The minimum absolute atomic E-state index is 0.0212. The number of carbonyl (C=O) groups excluding carboxylic acids is 1. The van der Waals surface area contributed by atoms with Gasteiger partial charge >= 0.3 is 0 Å². The van der Waals surface area contributed by atoms with Gasteiger partial charge in [0, 0.05) is 37.8 Å². The number of anilines is 1. The zero-order valence-corrected chi connectivity index (χ0v) is 19.1. The Morgan fingerprint density at radius 2 is 1.42 bits per heavy atom. The Balaban J connectivity index is 1.34. The van der Waals surface area contributed by atoms with Crippen LogP contribution in [0.4, 0.5) is 5.82 Å². The van der Waals surface area contributed by atoms with Gasteiger partial charge in [-0.2, -0.15) is 0 Å². The van der Waals surface area contributed by atoms with E-state index >= 15 is 0 Å². The van der Waals surface area contributed by atoms with Gasteiger partial charge in [0.1, 0.15) is 29.4 Å². The lowest BCUT2D eigenvalue weighted by atomic mass is 10.1. The van der Waals surface area contributed by atoms with Gasteiger partial charge in [0.15, 0.2) is 6.10 Å². The second-order valence-electron chi connectivity index (χ2n) is 7.74. The molecule has 1 aliphatic heterocycles. The summed E-state index contributed by atoms with van der Waals surface area (Å²) in [6, 6.07) is 17.0. The molecule has 8 heteroatoms. The van der Waals surface area contributed by atoms with Crippen LogP contribution < -0.4 is 19.1 Å². The van der Waals surface area contributed by atoms with Gasteiger partial charge in [-0.3, -0.25) is 4.79 Å². The summed E-state index contributed by atoms with van der Waals surface area (Å²) < 4.78 is 16.2. The van der Waals surface area contributed by atoms with Gasteiger partial charge in [0.25, 0.3) is 5.91 Å². The average molecular weight is 449 g/mol. The molecule has 2 heterocycles. The minimum atomic E-state index is -0.564. The smallest absolute Gasteiger partial charge is 0.263 e. The van der Waals surface area contributed by atoms with E-state index in [1.807, 2.05) is 47.4 Å². The van der Waals surface area contributed by atoms with Crippen molar-refractivity contribution in [3.63, 3.8) is 0 Å². The van der Waals surface area contributed by atoms with E-state index < -0.39 is 6.10 Å². The molecule has 1 atom stereocenters. The number of hydrogen-bond donors (Lipinski definition) is 0. The van der Waals surface area contributed by atoms with Crippen molar-refractivity contribution in [1.29, 1.82) is 0 Å². The summed E-state index contributed by atoms with van der Waals surface area (Å²) in [6.45, 7) is 4.39. The maximum Gasteiger partial charge on any atom is 0.263 e. The first kappa shape index (κ1) is 22.4. The van der Waals surface area contributed by atoms with E-state index in [0.717, 1.165) is 28.6 Å². The number of methoxy groups -OCH3 is 2. The van der Waals surface area contributed by atoms with Crippen molar-refractivity contribution in [2.24, 2.45) is 0 Å². The van der Waals surface area contributed by atoms with Gasteiger partial charge in [-0.05, 0) is 55.5 Å². The molecule has 0 bridgehead atoms. The summed E-state index contributed by atoms with van der Waals surface area (Å²) in [5.74, 6) is 3.02. The highest BCUT2D eigenvalue weighted by atomic mass is 16.5. The van der Waals surface area contributed by atoms with Crippen LogP contribution >= 0.6 is 0 Å². The lowest BCUT2D eigenvalue weighted by Gasteiger charge is -2.36. The van der Waals surface area contributed by atoms with Crippen molar-refractivity contribution in [2.45, 2.75) is 13.0 Å². The van der Waals surface area contributed by atoms with Crippen molar-refractivity contribution >= 4 is 11.7 Å². The second kappa shape index (κ2) is 10.2. The van der Waals surface area contributed by atoms with E-state index in [4.69, 9.17) is 14.2 Å². The highest BCUT2D eigenvalue weighted by molar-refractivity contribution is 5.81. The highest BCUT2D eigenvalue weighted by Crippen LogP contribution is 2.24. The summed E-state index contributed by atoms with van der Waals surface area (Å²) in [4.78, 5) is 25.8. The fourth-order valence-electron chi connectivity index (χ4n) is 3.76. The van der Waals surface area contributed by atoms with Gasteiger partial charge in [-0.15, -0.1) is 0 Å². The maximum absolute atomic E-state index is 12.9. The third kappa shape index (κ3) is 5.34. The van der Waals surface area contributed by atoms with E-state index in [1.54, 1.807) is 39.6 Å². The van der Waals surface area contributed by atoms with Gasteiger partial charge in [-0.25, -0.2) is 9.97 Å². The Hall–Kier alpha value is -3.81. The molecule has 2 aromatic carbocycles. The van der Waals surface area contributed by atoms with Gasteiger partial charge in [-0.1, -0.05) is 0 Å². The van der Waals surface area contributed by atoms with Crippen molar-refractivity contribution in [1.82, 2.24) is 14.9 Å². The first-order valence-corrected chi connectivity index (χ1v) is 10.9. The number of benzene rings is 2. The van der Waals surface area contributed by atoms with Crippen molar-refractivity contribution in [3.8, 4) is 28.5 Å². The van der Waals surface area contributed by atoms with Gasteiger partial charge in [0.2, 0.25) is 0 Å². The lowest BCUT2D eigenvalue weighted by Crippen LogP contribution is -2.52. The van der Waals surface area contributed by atoms with E-state index in [0.29, 0.717) is 31.9 Å². The summed E-state index contributed by atoms with van der Waals surface area (Å²) in [6.07, 6.45) is 1.02. The Kier molecular flexibility index (Phi) is 6.92. The van der Waals surface area contributed by atoms with Crippen LogP contribution in [0.15, 0.2) is 60.9 Å². The van der Waals surface area contributed by atoms with Crippen LogP contribution in [-0.2, 0) is 4.79 Å². The van der Waals surface area contributed by atoms with E-state index in [9.17, 15) is 4.79 Å². The molecule has 0 saturated carbocycles. The fourth-order valence-corrected chi connectivity index (χ4v) is 3.76. The average Bonchev–Trinajstić information content (AvgIpc) is 2.89. The molecule has 1 amide bonds. The minimum Gasteiger partial charge on any atom is -0.497 e. The molecule has 1 saturated heterocycles. The monoisotopic (exact) mass is 448 g/mol. The zero-order valence-electron chi connectivity index (χ0n) is 19.1. The van der Waals surface area contributed by atoms with Crippen molar-refractivity contribution in [2.75, 3.05) is 45.3 Å². The molecule has 0 spiro atoms. The number of amides is 1. The van der Waals surface area contributed by atoms with Crippen LogP contribution in [-0.4, -0.2) is 67.3 Å². The normalized spacial score (nSPS) is 14.5. The molecule has 3 aromatic rings. The molecule has 8 nitrogen and oxygen atoms in total. The van der Waals surface area contributed by atoms with Crippen LogP contribution in [0.2, 0.25) is 0 Å². The van der Waals surface area contributed by atoms with Crippen LogP contribution in [0.25, 0.3) is 11.3 Å². The van der Waals surface area contributed by atoms with E-state index in [1.165, 1.54) is 0 Å². The molecular formula is C25H28N4O4. The maximum atomic E-state index is 12.9. The SMILES string of the molecule is COc1ccc(OC(C)C(=O)N2CCN(c3cc(-c4ccc(OC)cc4)ncn3)CC2)cc1. The molecule has 1 aliphatic rings. The number of carbonyl (C=O) groups is 1. The molecule has 1 fully saturated rings. The third-order valence-corrected chi connectivity index (χ3v) is 5.67. The van der Waals surface area contributed by atoms with Crippen molar-refractivity contribution in [3.05, 3.63) is 60.9 Å². The predicted octanol–water partition coefficient (Wildman–Crippen LogP) is 3.28. The molecular weight excluding hydrogens is 420 g/mol. The van der Waals surface area contributed by atoms with Gasteiger partial charge < -0.3 is 24.0 Å². The molecule has 172 valence electrons. The lowest BCUT2D eigenvalue weighted by molar-refractivity contribution is -0.138. The molecule has 33 heavy (non-hydrogen) atoms. The number of ether oxygens (including phenoxy) is 3. The molecule has 0 aliphatic carbocycles. The molecule has 4 rings (SSSR count). The van der Waals surface area contributed by atoms with Crippen LogP contribution in [0, 0.1) is 0 Å². The summed E-state index contributed by atoms with van der Waals surface area (Å²) in [5, 5.41) is 0. The standard InChI is InChI=1S/C25H28N4O4/c1-18(33-22-10-8-21(32-3)9-11-22)25(30)29-14-12-28(13-15-29)24-16-23(26-17-27-24)19-4-6-20(31-2)7-5-19/h4-11,16-18H,12-15H2,1-3H3. The molecule has 1 aromatic heterocycles. The summed E-state index contributed by atoms with van der Waals surface area (Å²) >= 11 is 0. The number of rotatable bonds is 7. The first-order valence-electron chi connectivity index (χ1n) is 10.9. The number of aromatic nitrogens is 2. The summed E-state index contributed by atoms with van der Waals surface area (Å²) in [7, 11) is 3.26. The quantitative estimate of drug-likeness (QED) is 0.549. The van der Waals surface area contributed by atoms with Crippen LogP contribution in [0.5, 0.6) is 17.2 Å². The Morgan fingerprint density at radius 1 is 0.848 bits per heavy atom. The fraction of sp³-hybridized carbons (Fsp3) is 0.320. The number of hydrogen-bond acceptors (Lipinski definition) is 7. The van der Waals surface area contributed by atoms with Gasteiger partial charge in [0.05, 0.1) is 19.9 Å². The molecule has 0 N–H and O–H groups in total. The topological polar surface area (TPSA) is 77.0 Å². The number of nitrogens with zero attached hydrogens (tertiary/aromatic N) is 4. The van der Waals surface area contributed by atoms with E-state index in [-0.39, 0.29) is 5.91 Å². The Morgan fingerprint density at radius 3 is 2.03 bits per heavy atom. The largest absolute Gasteiger partial charge is 0.497 e. The zero-order chi connectivity index (χ0) is 23.2. The second-order valence-corrected chi connectivity index (χ2v) is 7.74. The van der Waals surface area contributed by atoms with Crippen LogP contribution in [0.1, 0.15) is 6.92 Å².